The van der Waals surface area contributed by atoms with Crippen molar-refractivity contribution in [1.82, 2.24) is 0 Å². The van der Waals surface area contributed by atoms with Gasteiger partial charge in [0, 0.05) is 0 Å². The Morgan fingerprint density at radius 2 is 1.67 bits per heavy atom. The van der Waals surface area contributed by atoms with Crippen molar-refractivity contribution >= 4 is 8.01 Å². The smallest absolute Gasteiger partial charge is 0.232 e. The van der Waals surface area contributed by atoms with Crippen LogP contribution in [0.15, 0.2) is 39.0 Å². The number of hydrogen-bond donors (Lipinski definition) is 0. The fourth-order valence-electron chi connectivity index (χ4n) is 0.652. The van der Waals surface area contributed by atoms with Crippen LogP contribution >= 0.6 is 8.01 Å². The predicted molar refractivity (Wildman–Crippen MR) is 35.0 cm³/mol. The zero-order valence-corrected chi connectivity index (χ0v) is 5.54. The van der Waals surface area contributed by atoms with Gasteiger partial charge in [-0.3, -0.25) is 0 Å². The van der Waals surface area contributed by atoms with Crippen LogP contribution in [0.25, 0.3) is 5.30 Å². The molecule has 1 heterocycles. The van der Waals surface area contributed by atoms with Gasteiger partial charge >= 0.3 is 8.01 Å². The van der Waals surface area contributed by atoms with Crippen LogP contribution in [0.1, 0.15) is 0 Å². The highest BCUT2D eigenvalue weighted by molar-refractivity contribution is 7.47. The van der Waals surface area contributed by atoms with Crippen LogP contribution in [0.5, 0.6) is 0 Å². The minimum absolute atomic E-state index is 0.646. The van der Waals surface area contributed by atoms with E-state index in [0.29, 0.717) is 0 Å². The molecular formula is C6H5O2P. The summed E-state index contributed by atoms with van der Waals surface area (Å²) in [6, 6.07) is 9.92. The lowest BCUT2D eigenvalue weighted by molar-refractivity contribution is 0.264. The molecule has 0 spiro atoms. The first-order valence-electron chi connectivity index (χ1n) is 2.67. The van der Waals surface area contributed by atoms with Crippen molar-refractivity contribution < 1.29 is 8.71 Å². The van der Waals surface area contributed by atoms with E-state index in [1.54, 1.807) is 0 Å². The van der Waals surface area contributed by atoms with Crippen LogP contribution < -0.4 is 0 Å². The highest BCUT2D eigenvalue weighted by Crippen LogP contribution is 2.45. The molecular weight excluding hydrogens is 135 g/mol. The average molecular weight is 140 g/mol. The second-order valence-corrected chi connectivity index (χ2v) is 3.07. The fourth-order valence-corrected chi connectivity index (χ4v) is 1.37. The van der Waals surface area contributed by atoms with Gasteiger partial charge in [-0.05, 0) is 12.1 Å². The Labute approximate surface area is 53.3 Å². The summed E-state index contributed by atoms with van der Waals surface area (Å²) in [5.74, 6) is 0. The van der Waals surface area contributed by atoms with Gasteiger partial charge in [0.25, 0.3) is 0 Å². The number of benzene rings is 1. The molecule has 1 aromatic heterocycles. The van der Waals surface area contributed by atoms with Crippen molar-refractivity contribution in [2.24, 2.45) is 0 Å². The SMILES string of the molecule is c1ccc(-p2oo2)cc1. The normalized spacial score (nSPS) is 10.2. The topological polar surface area (TPSA) is 26.3 Å². The summed E-state index contributed by atoms with van der Waals surface area (Å²) in [6.07, 6.45) is 0. The van der Waals surface area contributed by atoms with E-state index in [1.807, 2.05) is 30.3 Å². The summed E-state index contributed by atoms with van der Waals surface area (Å²) < 4.78 is 9.32. The van der Waals surface area contributed by atoms with Crippen LogP contribution in [0.4, 0.5) is 0 Å². The van der Waals surface area contributed by atoms with Crippen molar-refractivity contribution in [2.75, 3.05) is 0 Å². The maximum atomic E-state index is 4.66. The van der Waals surface area contributed by atoms with Crippen LogP contribution in [-0.2, 0) is 0 Å². The second kappa shape index (κ2) is 1.82. The first-order valence-corrected chi connectivity index (χ1v) is 3.84. The van der Waals surface area contributed by atoms with Crippen molar-refractivity contribution in [3.05, 3.63) is 30.3 Å². The zero-order valence-electron chi connectivity index (χ0n) is 4.65. The van der Waals surface area contributed by atoms with Gasteiger partial charge in [0.1, 0.15) is 0 Å². The van der Waals surface area contributed by atoms with Gasteiger partial charge in [-0.1, -0.05) is 18.2 Å². The van der Waals surface area contributed by atoms with Gasteiger partial charge in [-0.25, -0.2) is 8.71 Å². The molecule has 0 radical (unpaired) electrons. The lowest BCUT2D eigenvalue weighted by Gasteiger charge is -1.80. The van der Waals surface area contributed by atoms with Crippen molar-refractivity contribution in [3.8, 4) is 5.30 Å². The Bertz CT molecular complexity index is 256. The molecule has 9 heavy (non-hydrogen) atoms. The van der Waals surface area contributed by atoms with E-state index in [-0.39, 0.29) is 0 Å². The van der Waals surface area contributed by atoms with E-state index < -0.39 is 8.01 Å². The third-order valence-electron chi connectivity index (χ3n) is 1.12. The minimum Gasteiger partial charge on any atom is -0.232 e. The van der Waals surface area contributed by atoms with Gasteiger partial charge < -0.3 is 0 Å². The first-order chi connectivity index (χ1) is 4.47. The fraction of sp³-hybridized carbons (Fsp3) is 0. The van der Waals surface area contributed by atoms with E-state index in [1.165, 1.54) is 0 Å². The summed E-state index contributed by atoms with van der Waals surface area (Å²) in [7, 11) is -0.646. The molecule has 1 aromatic carbocycles. The Kier molecular flexibility index (Phi) is 0.998. The average Bonchev–Trinajstić information content (AvgIpc) is 2.71. The van der Waals surface area contributed by atoms with Crippen molar-refractivity contribution in [1.29, 1.82) is 0 Å². The largest absolute Gasteiger partial charge is 0.348 e. The molecule has 3 heteroatoms. The zero-order chi connectivity index (χ0) is 6.10. The van der Waals surface area contributed by atoms with Gasteiger partial charge in [-0.2, -0.15) is 0 Å². The monoisotopic (exact) mass is 140 g/mol. The highest BCUT2D eigenvalue weighted by Gasteiger charge is 2.08. The van der Waals surface area contributed by atoms with E-state index in [9.17, 15) is 0 Å². The summed E-state index contributed by atoms with van der Waals surface area (Å²) in [4.78, 5) is 0. The third kappa shape index (κ3) is 0.936. The number of hydrogen-bond acceptors (Lipinski definition) is 2. The molecule has 2 aromatic rings. The molecule has 0 aliphatic heterocycles. The third-order valence-corrected chi connectivity index (χ3v) is 2.13. The van der Waals surface area contributed by atoms with Crippen LogP contribution in [0.2, 0.25) is 0 Å². The van der Waals surface area contributed by atoms with Crippen molar-refractivity contribution in [3.63, 3.8) is 0 Å². The Hall–Kier alpha value is -0.880. The van der Waals surface area contributed by atoms with Crippen LogP contribution in [-0.4, -0.2) is 0 Å². The molecule has 0 N–H and O–H groups in total. The molecule has 46 valence electrons. The first kappa shape index (κ1) is 4.95. The van der Waals surface area contributed by atoms with Crippen LogP contribution in [0, 0.1) is 0 Å². The molecule has 0 saturated heterocycles. The van der Waals surface area contributed by atoms with Gasteiger partial charge in [0.05, 0.1) is 5.30 Å². The summed E-state index contributed by atoms with van der Waals surface area (Å²) in [5.41, 5.74) is 0. The Morgan fingerprint density at radius 1 is 1.00 bits per heavy atom. The molecule has 0 amide bonds. The Balaban J connectivity index is 2.44. The van der Waals surface area contributed by atoms with E-state index >= 15 is 0 Å². The molecule has 0 aliphatic rings. The highest BCUT2D eigenvalue weighted by atomic mass is 31.1. The maximum Gasteiger partial charge on any atom is 0.348 e. The maximum absolute atomic E-state index is 4.66. The number of rotatable bonds is 1. The summed E-state index contributed by atoms with van der Waals surface area (Å²) in [5, 5.41) is 1.15. The molecule has 2 rings (SSSR count). The second-order valence-electron chi connectivity index (χ2n) is 1.74. The lowest BCUT2D eigenvalue weighted by Crippen LogP contribution is -1.56. The van der Waals surface area contributed by atoms with E-state index in [0.717, 1.165) is 5.30 Å². The lowest BCUT2D eigenvalue weighted by atomic mass is 10.4. The molecule has 0 atom stereocenters. The standard InChI is InChI=1S/C6H5O2P/c1-2-4-6(5-3-1)9-7-8-9/h1-5H. The van der Waals surface area contributed by atoms with Crippen LogP contribution in [0.3, 0.4) is 0 Å². The molecule has 0 saturated carbocycles. The molecule has 0 aliphatic carbocycles. The molecule has 0 bridgehead atoms. The summed E-state index contributed by atoms with van der Waals surface area (Å²) >= 11 is 0. The van der Waals surface area contributed by atoms with E-state index in [2.05, 4.69) is 8.71 Å². The quantitative estimate of drug-likeness (QED) is 0.569. The van der Waals surface area contributed by atoms with Crippen molar-refractivity contribution in [2.45, 2.75) is 0 Å². The summed E-state index contributed by atoms with van der Waals surface area (Å²) in [6.45, 7) is 0. The molecule has 0 unspecified atom stereocenters. The predicted octanol–water partition coefficient (Wildman–Crippen LogP) is 2.85. The van der Waals surface area contributed by atoms with E-state index in [4.69, 9.17) is 0 Å². The molecule has 0 fully saturated rings. The molecule has 2 nitrogen and oxygen atoms in total. The van der Waals surface area contributed by atoms with Gasteiger partial charge in [-0.15, -0.1) is 0 Å². The Morgan fingerprint density at radius 3 is 2.22 bits per heavy atom. The van der Waals surface area contributed by atoms with Gasteiger partial charge in [0.2, 0.25) is 0 Å². The minimum atomic E-state index is -0.646. The van der Waals surface area contributed by atoms with Gasteiger partial charge in [0.15, 0.2) is 0 Å².